The number of hydrogen-bond donors (Lipinski definition) is 2. The van der Waals surface area contributed by atoms with Crippen LogP contribution in [-0.4, -0.2) is 12.5 Å². The fraction of sp³-hybridized carbons (Fsp3) is 0.188. The van der Waals surface area contributed by atoms with Crippen LogP contribution in [0.5, 0.6) is 0 Å². The fourth-order valence-electron chi connectivity index (χ4n) is 1.73. The van der Waals surface area contributed by atoms with Crippen LogP contribution in [-0.2, 0) is 4.79 Å². The molecular formula is C16H17ClN2O. The van der Waals surface area contributed by atoms with E-state index in [1.165, 1.54) is 5.56 Å². The topological polar surface area (TPSA) is 41.1 Å². The molecule has 0 spiro atoms. The second-order valence-corrected chi connectivity index (χ2v) is 5.14. The monoisotopic (exact) mass is 288 g/mol. The highest BCUT2D eigenvalue weighted by Crippen LogP contribution is 2.19. The van der Waals surface area contributed by atoms with Gasteiger partial charge in [-0.15, -0.1) is 0 Å². The van der Waals surface area contributed by atoms with E-state index in [1.807, 2.05) is 50.2 Å². The predicted molar refractivity (Wildman–Crippen MR) is 84.5 cm³/mol. The molecule has 0 aliphatic rings. The summed E-state index contributed by atoms with van der Waals surface area (Å²) in [5.41, 5.74) is 3.81. The minimum Gasteiger partial charge on any atom is -0.376 e. The summed E-state index contributed by atoms with van der Waals surface area (Å²) in [6.07, 6.45) is 0. The van der Waals surface area contributed by atoms with Gasteiger partial charge in [0.05, 0.1) is 6.54 Å². The van der Waals surface area contributed by atoms with Gasteiger partial charge in [0, 0.05) is 16.4 Å². The first-order chi connectivity index (χ1) is 9.54. The van der Waals surface area contributed by atoms with Gasteiger partial charge in [-0.25, -0.2) is 0 Å². The normalized spacial score (nSPS) is 10.2. The Morgan fingerprint density at radius 3 is 2.35 bits per heavy atom. The van der Waals surface area contributed by atoms with E-state index >= 15 is 0 Å². The molecule has 0 radical (unpaired) electrons. The number of halogens is 1. The minimum absolute atomic E-state index is 0.106. The van der Waals surface area contributed by atoms with Gasteiger partial charge in [-0.2, -0.15) is 0 Å². The van der Waals surface area contributed by atoms with Crippen LogP contribution in [0, 0.1) is 13.8 Å². The van der Waals surface area contributed by atoms with Gasteiger partial charge in [0.15, 0.2) is 0 Å². The van der Waals surface area contributed by atoms with Crippen molar-refractivity contribution in [1.82, 2.24) is 0 Å². The zero-order valence-corrected chi connectivity index (χ0v) is 12.3. The van der Waals surface area contributed by atoms with Gasteiger partial charge < -0.3 is 10.6 Å². The summed E-state index contributed by atoms with van der Waals surface area (Å²) in [6, 6.07) is 13.4. The van der Waals surface area contributed by atoms with Gasteiger partial charge in [-0.1, -0.05) is 35.4 Å². The Bertz CT molecular complexity index is 608. The van der Waals surface area contributed by atoms with Crippen molar-refractivity contribution in [3.8, 4) is 0 Å². The molecule has 20 heavy (non-hydrogen) atoms. The molecular weight excluding hydrogens is 272 g/mol. The molecule has 1 amide bonds. The second-order valence-electron chi connectivity index (χ2n) is 4.73. The largest absolute Gasteiger partial charge is 0.376 e. The molecule has 0 saturated heterocycles. The van der Waals surface area contributed by atoms with Gasteiger partial charge in [0.1, 0.15) is 0 Å². The van der Waals surface area contributed by atoms with Crippen LogP contribution in [0.4, 0.5) is 11.4 Å². The molecule has 0 atom stereocenters. The minimum atomic E-state index is -0.106. The van der Waals surface area contributed by atoms with Gasteiger partial charge in [-0.05, 0) is 43.7 Å². The smallest absolute Gasteiger partial charge is 0.243 e. The van der Waals surface area contributed by atoms with Crippen molar-refractivity contribution in [1.29, 1.82) is 0 Å². The van der Waals surface area contributed by atoms with Gasteiger partial charge in [0.25, 0.3) is 0 Å². The standard InChI is InChI=1S/C16H17ClN2O/c1-11-3-6-13(7-4-11)18-10-16(20)19-14-8-5-12(2)15(17)9-14/h3-9,18H,10H2,1-2H3,(H,19,20). The number of nitrogens with one attached hydrogen (secondary N) is 2. The highest BCUT2D eigenvalue weighted by Gasteiger charge is 2.04. The van der Waals surface area contributed by atoms with Crippen molar-refractivity contribution < 1.29 is 4.79 Å². The summed E-state index contributed by atoms with van der Waals surface area (Å²) < 4.78 is 0. The molecule has 104 valence electrons. The Kier molecular flexibility index (Phi) is 4.64. The van der Waals surface area contributed by atoms with E-state index in [2.05, 4.69) is 10.6 Å². The Hall–Kier alpha value is -2.00. The number of rotatable bonds is 4. The molecule has 2 rings (SSSR count). The number of carbonyl (C=O) groups excluding carboxylic acids is 1. The van der Waals surface area contributed by atoms with E-state index in [0.717, 1.165) is 11.3 Å². The lowest BCUT2D eigenvalue weighted by Gasteiger charge is -2.09. The van der Waals surface area contributed by atoms with Crippen molar-refractivity contribution in [2.45, 2.75) is 13.8 Å². The first-order valence-corrected chi connectivity index (χ1v) is 6.79. The fourth-order valence-corrected chi connectivity index (χ4v) is 1.91. The molecule has 0 aromatic heterocycles. The first kappa shape index (κ1) is 14.4. The number of amides is 1. The molecule has 2 aromatic carbocycles. The van der Waals surface area contributed by atoms with E-state index < -0.39 is 0 Å². The average molecular weight is 289 g/mol. The van der Waals surface area contributed by atoms with E-state index in [9.17, 15) is 4.79 Å². The zero-order valence-electron chi connectivity index (χ0n) is 11.5. The molecule has 2 aromatic rings. The Labute approximate surface area is 124 Å². The molecule has 0 fully saturated rings. The summed E-state index contributed by atoms with van der Waals surface area (Å²) in [5.74, 6) is -0.106. The van der Waals surface area contributed by atoms with Crippen LogP contribution in [0.3, 0.4) is 0 Å². The van der Waals surface area contributed by atoms with Crippen molar-refractivity contribution in [3.05, 3.63) is 58.6 Å². The molecule has 3 nitrogen and oxygen atoms in total. The summed E-state index contributed by atoms with van der Waals surface area (Å²) in [6.45, 7) is 4.17. The highest BCUT2D eigenvalue weighted by molar-refractivity contribution is 6.31. The van der Waals surface area contributed by atoms with Crippen molar-refractivity contribution >= 4 is 28.9 Å². The first-order valence-electron chi connectivity index (χ1n) is 6.41. The Morgan fingerprint density at radius 2 is 1.70 bits per heavy atom. The zero-order chi connectivity index (χ0) is 14.5. The maximum absolute atomic E-state index is 11.8. The molecule has 0 heterocycles. The quantitative estimate of drug-likeness (QED) is 0.892. The number of hydrogen-bond acceptors (Lipinski definition) is 2. The van der Waals surface area contributed by atoms with Crippen LogP contribution < -0.4 is 10.6 Å². The molecule has 0 aliphatic heterocycles. The maximum atomic E-state index is 11.8. The summed E-state index contributed by atoms with van der Waals surface area (Å²) in [7, 11) is 0. The summed E-state index contributed by atoms with van der Waals surface area (Å²) >= 11 is 6.02. The number of benzene rings is 2. The van der Waals surface area contributed by atoms with Crippen LogP contribution >= 0.6 is 11.6 Å². The lowest BCUT2D eigenvalue weighted by molar-refractivity contribution is -0.114. The molecule has 0 bridgehead atoms. The van der Waals surface area contributed by atoms with Gasteiger partial charge >= 0.3 is 0 Å². The number of carbonyl (C=O) groups is 1. The van der Waals surface area contributed by atoms with Crippen molar-refractivity contribution in [2.75, 3.05) is 17.2 Å². The molecule has 0 aliphatic carbocycles. The lowest BCUT2D eigenvalue weighted by Crippen LogP contribution is -2.21. The third-order valence-electron chi connectivity index (χ3n) is 2.96. The number of anilines is 2. The van der Waals surface area contributed by atoms with E-state index in [0.29, 0.717) is 10.7 Å². The SMILES string of the molecule is Cc1ccc(NCC(=O)Nc2ccc(C)c(Cl)c2)cc1. The Balaban J connectivity index is 1.89. The Morgan fingerprint density at radius 1 is 1.05 bits per heavy atom. The lowest BCUT2D eigenvalue weighted by atomic mass is 10.2. The van der Waals surface area contributed by atoms with Crippen LogP contribution in [0.25, 0.3) is 0 Å². The van der Waals surface area contributed by atoms with Crippen molar-refractivity contribution in [3.63, 3.8) is 0 Å². The summed E-state index contributed by atoms with van der Waals surface area (Å²) in [5, 5.41) is 6.53. The van der Waals surface area contributed by atoms with Crippen molar-refractivity contribution in [2.24, 2.45) is 0 Å². The molecule has 0 saturated carbocycles. The third-order valence-corrected chi connectivity index (χ3v) is 3.37. The van der Waals surface area contributed by atoms with Gasteiger partial charge in [-0.3, -0.25) is 4.79 Å². The average Bonchev–Trinajstić information content (AvgIpc) is 2.42. The van der Waals surface area contributed by atoms with E-state index in [1.54, 1.807) is 6.07 Å². The molecule has 0 unspecified atom stereocenters. The van der Waals surface area contributed by atoms with Crippen LogP contribution in [0.2, 0.25) is 5.02 Å². The molecule has 4 heteroatoms. The summed E-state index contributed by atoms with van der Waals surface area (Å²) in [4.78, 5) is 11.8. The maximum Gasteiger partial charge on any atom is 0.243 e. The predicted octanol–water partition coefficient (Wildman–Crippen LogP) is 4.01. The van der Waals surface area contributed by atoms with E-state index in [-0.39, 0.29) is 12.5 Å². The number of aryl methyl sites for hydroxylation is 2. The molecule has 2 N–H and O–H groups in total. The second kappa shape index (κ2) is 6.44. The van der Waals surface area contributed by atoms with Crippen LogP contribution in [0.1, 0.15) is 11.1 Å². The van der Waals surface area contributed by atoms with E-state index in [4.69, 9.17) is 11.6 Å². The highest BCUT2D eigenvalue weighted by atomic mass is 35.5. The van der Waals surface area contributed by atoms with Crippen LogP contribution in [0.15, 0.2) is 42.5 Å². The van der Waals surface area contributed by atoms with Gasteiger partial charge in [0.2, 0.25) is 5.91 Å². The third kappa shape index (κ3) is 4.00.